The molecule has 19 heavy (non-hydrogen) atoms. The van der Waals surface area contributed by atoms with Gasteiger partial charge in [0.25, 0.3) is 0 Å². The molecule has 0 spiro atoms. The zero-order valence-corrected chi connectivity index (χ0v) is 11.4. The van der Waals surface area contributed by atoms with Crippen LogP contribution in [0.4, 0.5) is 0 Å². The van der Waals surface area contributed by atoms with E-state index in [1.165, 1.54) is 6.33 Å². The Morgan fingerprint density at radius 2 is 2.16 bits per heavy atom. The van der Waals surface area contributed by atoms with Gasteiger partial charge in [0.05, 0.1) is 12.8 Å². The zero-order valence-electron chi connectivity index (χ0n) is 11.4. The van der Waals surface area contributed by atoms with Crippen molar-refractivity contribution in [3.8, 4) is 5.75 Å². The van der Waals surface area contributed by atoms with Crippen molar-refractivity contribution in [2.75, 3.05) is 13.7 Å². The normalized spacial score (nSPS) is 10.7. The Bertz CT molecular complexity index is 526. The Morgan fingerprint density at radius 1 is 1.32 bits per heavy atom. The number of hydrogen-bond acceptors (Lipinski definition) is 6. The predicted molar refractivity (Wildman–Crippen MR) is 70.0 cm³/mol. The van der Waals surface area contributed by atoms with Gasteiger partial charge >= 0.3 is 0 Å². The maximum Gasteiger partial charge on any atom is 0.227 e. The van der Waals surface area contributed by atoms with Gasteiger partial charge in [-0.25, -0.2) is 0 Å². The number of pyridine rings is 1. The summed E-state index contributed by atoms with van der Waals surface area (Å²) in [6.45, 7) is 5.47. The molecule has 0 aliphatic rings. The van der Waals surface area contributed by atoms with E-state index < -0.39 is 0 Å². The number of methoxy groups -OCH3 is 1. The largest absolute Gasteiger partial charge is 0.496 e. The Hall–Kier alpha value is -1.95. The van der Waals surface area contributed by atoms with Crippen molar-refractivity contribution in [2.45, 2.75) is 26.8 Å². The maximum atomic E-state index is 5.38. The van der Waals surface area contributed by atoms with Crippen LogP contribution in [0.5, 0.6) is 5.75 Å². The minimum atomic E-state index is 0.638. The summed E-state index contributed by atoms with van der Waals surface area (Å²) < 4.78 is 10.3. The lowest BCUT2D eigenvalue weighted by atomic mass is 10.1. The van der Waals surface area contributed by atoms with Crippen molar-refractivity contribution in [2.24, 2.45) is 0 Å². The lowest BCUT2D eigenvalue weighted by Gasteiger charge is -2.12. The molecule has 102 valence electrons. The average Bonchev–Trinajstić information content (AvgIpc) is 2.90. The summed E-state index contributed by atoms with van der Waals surface area (Å²) in [5.74, 6) is 1.54. The molecule has 0 fully saturated rings. The highest BCUT2D eigenvalue weighted by Gasteiger charge is 2.09. The summed E-state index contributed by atoms with van der Waals surface area (Å²) in [6.07, 6.45) is 3.95. The molecule has 0 saturated heterocycles. The van der Waals surface area contributed by atoms with E-state index in [-0.39, 0.29) is 0 Å². The lowest BCUT2D eigenvalue weighted by Crippen LogP contribution is -2.18. The van der Waals surface area contributed by atoms with Gasteiger partial charge in [0.15, 0.2) is 6.33 Å². The highest BCUT2D eigenvalue weighted by Crippen LogP contribution is 2.23. The Balaban J connectivity index is 1.89. The molecule has 0 aromatic carbocycles. The third-order valence-corrected chi connectivity index (χ3v) is 2.96. The van der Waals surface area contributed by atoms with Gasteiger partial charge in [0.2, 0.25) is 5.89 Å². The van der Waals surface area contributed by atoms with Crippen molar-refractivity contribution < 1.29 is 9.26 Å². The second-order valence-electron chi connectivity index (χ2n) is 4.31. The van der Waals surface area contributed by atoms with Gasteiger partial charge in [0.1, 0.15) is 5.75 Å². The van der Waals surface area contributed by atoms with Gasteiger partial charge in [-0.2, -0.15) is 4.98 Å². The molecule has 0 saturated carbocycles. The van der Waals surface area contributed by atoms with Crippen LogP contribution in [0, 0.1) is 13.8 Å². The molecule has 2 rings (SSSR count). The molecular weight excluding hydrogens is 244 g/mol. The van der Waals surface area contributed by atoms with Crippen LogP contribution in [0.25, 0.3) is 0 Å². The van der Waals surface area contributed by atoms with Crippen LogP contribution in [0.3, 0.4) is 0 Å². The van der Waals surface area contributed by atoms with E-state index >= 15 is 0 Å². The molecule has 2 aromatic heterocycles. The van der Waals surface area contributed by atoms with Crippen LogP contribution in [-0.4, -0.2) is 28.8 Å². The van der Waals surface area contributed by atoms with E-state index in [1.54, 1.807) is 7.11 Å². The molecule has 6 nitrogen and oxygen atoms in total. The summed E-state index contributed by atoms with van der Waals surface area (Å²) in [4.78, 5) is 8.39. The summed E-state index contributed by atoms with van der Waals surface area (Å²) in [5.41, 5.74) is 3.12. The van der Waals surface area contributed by atoms with Crippen LogP contribution in [-0.2, 0) is 13.0 Å². The van der Waals surface area contributed by atoms with E-state index in [1.807, 2.05) is 20.0 Å². The van der Waals surface area contributed by atoms with Crippen molar-refractivity contribution in [1.82, 2.24) is 20.4 Å². The molecule has 0 aliphatic carbocycles. The molecule has 0 atom stereocenters. The first-order chi connectivity index (χ1) is 9.22. The second-order valence-corrected chi connectivity index (χ2v) is 4.31. The Morgan fingerprint density at radius 3 is 2.84 bits per heavy atom. The van der Waals surface area contributed by atoms with Gasteiger partial charge in [0, 0.05) is 36.8 Å². The smallest absolute Gasteiger partial charge is 0.227 e. The molecule has 0 aliphatic heterocycles. The standard InChI is InChI=1S/C13H18N4O2/c1-9-6-15-11(10(2)13(9)18-3)7-14-5-4-12-16-8-17-19-12/h6,8,14H,4-5,7H2,1-3H3. The van der Waals surface area contributed by atoms with Gasteiger partial charge in [-0.1, -0.05) is 5.16 Å². The second kappa shape index (κ2) is 6.29. The maximum absolute atomic E-state index is 5.38. The van der Waals surface area contributed by atoms with Crippen LogP contribution in [0.2, 0.25) is 0 Å². The summed E-state index contributed by atoms with van der Waals surface area (Å²) >= 11 is 0. The van der Waals surface area contributed by atoms with Crippen molar-refractivity contribution in [3.05, 3.63) is 35.2 Å². The third kappa shape index (κ3) is 3.29. The van der Waals surface area contributed by atoms with Crippen LogP contribution < -0.4 is 10.1 Å². The number of aromatic nitrogens is 3. The first-order valence-electron chi connectivity index (χ1n) is 6.17. The molecule has 2 heterocycles. The minimum absolute atomic E-state index is 0.638. The van der Waals surface area contributed by atoms with E-state index in [2.05, 4.69) is 20.4 Å². The summed E-state index contributed by atoms with van der Waals surface area (Å²) in [7, 11) is 1.68. The first kappa shape index (κ1) is 13.5. The highest BCUT2D eigenvalue weighted by atomic mass is 16.5. The molecular formula is C13H18N4O2. The predicted octanol–water partition coefficient (Wildman–Crippen LogP) is 1.42. The fourth-order valence-corrected chi connectivity index (χ4v) is 1.96. The van der Waals surface area contributed by atoms with Gasteiger partial charge < -0.3 is 14.6 Å². The van der Waals surface area contributed by atoms with Crippen LogP contribution in [0.15, 0.2) is 17.0 Å². The fourth-order valence-electron chi connectivity index (χ4n) is 1.96. The highest BCUT2D eigenvalue weighted by molar-refractivity contribution is 5.40. The summed E-state index contributed by atoms with van der Waals surface area (Å²) in [5, 5.41) is 6.87. The molecule has 2 aromatic rings. The Labute approximate surface area is 112 Å². The quantitative estimate of drug-likeness (QED) is 0.794. The van der Waals surface area contributed by atoms with Gasteiger partial charge in [-0.15, -0.1) is 0 Å². The molecule has 6 heteroatoms. The fraction of sp³-hybridized carbons (Fsp3) is 0.462. The third-order valence-electron chi connectivity index (χ3n) is 2.96. The van der Waals surface area contributed by atoms with Crippen LogP contribution >= 0.6 is 0 Å². The van der Waals surface area contributed by atoms with Gasteiger partial charge in [-0.3, -0.25) is 4.98 Å². The lowest BCUT2D eigenvalue weighted by molar-refractivity contribution is 0.374. The molecule has 1 N–H and O–H groups in total. The van der Waals surface area contributed by atoms with Crippen molar-refractivity contribution >= 4 is 0 Å². The number of ether oxygens (including phenoxy) is 1. The number of aryl methyl sites for hydroxylation is 1. The molecule has 0 bridgehead atoms. The average molecular weight is 262 g/mol. The Kier molecular flexibility index (Phi) is 4.46. The topological polar surface area (TPSA) is 73.1 Å². The molecule has 0 radical (unpaired) electrons. The van der Waals surface area contributed by atoms with Crippen molar-refractivity contribution in [1.29, 1.82) is 0 Å². The minimum Gasteiger partial charge on any atom is -0.496 e. The van der Waals surface area contributed by atoms with Gasteiger partial charge in [-0.05, 0) is 13.8 Å². The monoisotopic (exact) mass is 262 g/mol. The zero-order chi connectivity index (χ0) is 13.7. The van der Waals surface area contributed by atoms with E-state index in [0.717, 1.165) is 29.1 Å². The van der Waals surface area contributed by atoms with E-state index in [0.29, 0.717) is 18.9 Å². The van der Waals surface area contributed by atoms with E-state index in [9.17, 15) is 0 Å². The summed E-state index contributed by atoms with van der Waals surface area (Å²) in [6, 6.07) is 0. The van der Waals surface area contributed by atoms with Crippen LogP contribution in [0.1, 0.15) is 22.7 Å². The molecule has 0 amide bonds. The SMILES string of the molecule is COc1c(C)cnc(CNCCc2ncno2)c1C. The molecule has 0 unspecified atom stereocenters. The van der Waals surface area contributed by atoms with E-state index in [4.69, 9.17) is 9.26 Å². The van der Waals surface area contributed by atoms with Crippen molar-refractivity contribution in [3.63, 3.8) is 0 Å². The number of nitrogens with zero attached hydrogens (tertiary/aromatic N) is 3. The number of hydrogen-bond donors (Lipinski definition) is 1. The number of rotatable bonds is 6. The number of nitrogens with one attached hydrogen (secondary N) is 1. The first-order valence-corrected chi connectivity index (χ1v) is 6.17.